The predicted octanol–water partition coefficient (Wildman–Crippen LogP) is 3.60. The third-order valence-corrected chi connectivity index (χ3v) is 3.69. The Bertz CT molecular complexity index is 544. The van der Waals surface area contributed by atoms with Gasteiger partial charge in [-0.05, 0) is 30.5 Å². The van der Waals surface area contributed by atoms with Gasteiger partial charge in [0.25, 0.3) is 0 Å². The van der Waals surface area contributed by atoms with Crippen LogP contribution in [0.2, 0.25) is 5.02 Å². The molecule has 0 unspecified atom stereocenters. The standard InChI is InChI=1S/C13H13Cl2N3/c14-7-12-13(10-3-4-10)18(17-16-12)8-9-1-5-11(15)6-2-9/h1-2,5-6,10H,3-4,7-8H2. The summed E-state index contributed by atoms with van der Waals surface area (Å²) in [5.41, 5.74) is 3.31. The molecule has 0 radical (unpaired) electrons. The Kier molecular flexibility index (Phi) is 3.27. The fourth-order valence-electron chi connectivity index (χ4n) is 2.13. The zero-order chi connectivity index (χ0) is 12.5. The van der Waals surface area contributed by atoms with E-state index in [1.807, 2.05) is 28.9 Å². The lowest BCUT2D eigenvalue weighted by Crippen LogP contribution is -2.06. The highest BCUT2D eigenvalue weighted by atomic mass is 35.5. The van der Waals surface area contributed by atoms with E-state index >= 15 is 0 Å². The van der Waals surface area contributed by atoms with Gasteiger partial charge in [-0.2, -0.15) is 0 Å². The van der Waals surface area contributed by atoms with Crippen LogP contribution in [0.3, 0.4) is 0 Å². The zero-order valence-electron chi connectivity index (χ0n) is 9.81. The molecule has 1 heterocycles. The van der Waals surface area contributed by atoms with Crippen molar-refractivity contribution in [2.24, 2.45) is 0 Å². The molecule has 3 rings (SSSR count). The molecule has 0 amide bonds. The number of hydrogen-bond donors (Lipinski definition) is 0. The summed E-state index contributed by atoms with van der Waals surface area (Å²) in [7, 11) is 0. The van der Waals surface area contributed by atoms with Crippen molar-refractivity contribution in [1.29, 1.82) is 0 Å². The van der Waals surface area contributed by atoms with Crippen molar-refractivity contribution in [3.05, 3.63) is 46.2 Å². The monoisotopic (exact) mass is 281 g/mol. The lowest BCUT2D eigenvalue weighted by atomic mass is 10.2. The minimum absolute atomic E-state index is 0.437. The number of aromatic nitrogens is 3. The molecule has 0 spiro atoms. The first-order chi connectivity index (χ1) is 8.78. The highest BCUT2D eigenvalue weighted by Gasteiger charge is 2.30. The average Bonchev–Trinajstić information content (AvgIpc) is 3.14. The Morgan fingerprint density at radius 1 is 1.22 bits per heavy atom. The van der Waals surface area contributed by atoms with Crippen LogP contribution in [0, 0.1) is 0 Å². The second kappa shape index (κ2) is 4.90. The van der Waals surface area contributed by atoms with Crippen molar-refractivity contribution in [1.82, 2.24) is 15.0 Å². The van der Waals surface area contributed by atoms with Crippen molar-refractivity contribution in [2.75, 3.05) is 0 Å². The van der Waals surface area contributed by atoms with Crippen molar-refractivity contribution in [2.45, 2.75) is 31.2 Å². The Balaban J connectivity index is 1.88. The normalized spacial score (nSPS) is 15.0. The summed E-state index contributed by atoms with van der Waals surface area (Å²) in [6.07, 6.45) is 2.44. The van der Waals surface area contributed by atoms with E-state index in [1.54, 1.807) is 0 Å². The first-order valence-electron chi connectivity index (χ1n) is 6.00. The molecule has 1 saturated carbocycles. The number of benzene rings is 1. The molecule has 2 aromatic rings. The van der Waals surface area contributed by atoms with E-state index in [9.17, 15) is 0 Å². The minimum Gasteiger partial charge on any atom is -0.244 e. The summed E-state index contributed by atoms with van der Waals surface area (Å²) in [6.45, 7) is 0.729. The van der Waals surface area contributed by atoms with Gasteiger partial charge < -0.3 is 0 Å². The number of rotatable bonds is 4. The van der Waals surface area contributed by atoms with Crippen LogP contribution in [0.15, 0.2) is 24.3 Å². The summed E-state index contributed by atoms with van der Waals surface area (Å²) in [6, 6.07) is 7.82. The lowest BCUT2D eigenvalue weighted by Gasteiger charge is -2.06. The van der Waals surface area contributed by atoms with Crippen molar-refractivity contribution < 1.29 is 0 Å². The number of hydrogen-bond acceptors (Lipinski definition) is 2. The maximum Gasteiger partial charge on any atom is 0.101 e. The molecular weight excluding hydrogens is 269 g/mol. The van der Waals surface area contributed by atoms with Crippen LogP contribution in [0.1, 0.15) is 35.7 Å². The van der Waals surface area contributed by atoms with Crippen molar-refractivity contribution >= 4 is 23.2 Å². The molecule has 0 N–H and O–H groups in total. The predicted molar refractivity (Wildman–Crippen MR) is 72.1 cm³/mol. The minimum atomic E-state index is 0.437. The van der Waals surface area contributed by atoms with E-state index in [0.29, 0.717) is 11.8 Å². The van der Waals surface area contributed by atoms with Gasteiger partial charge in [-0.1, -0.05) is 28.9 Å². The molecule has 1 aliphatic carbocycles. The van der Waals surface area contributed by atoms with Crippen LogP contribution >= 0.6 is 23.2 Å². The summed E-state index contributed by atoms with van der Waals surface area (Å²) in [5.74, 6) is 1.04. The first-order valence-corrected chi connectivity index (χ1v) is 6.92. The van der Waals surface area contributed by atoms with Gasteiger partial charge in [0.1, 0.15) is 5.69 Å². The van der Waals surface area contributed by atoms with Gasteiger partial charge in [0, 0.05) is 10.9 Å². The van der Waals surface area contributed by atoms with E-state index < -0.39 is 0 Å². The zero-order valence-corrected chi connectivity index (χ0v) is 11.3. The molecule has 18 heavy (non-hydrogen) atoms. The smallest absolute Gasteiger partial charge is 0.101 e. The molecule has 1 aromatic heterocycles. The number of alkyl halides is 1. The molecular formula is C13H13Cl2N3. The SMILES string of the molecule is ClCc1nnn(Cc2ccc(Cl)cc2)c1C1CC1. The van der Waals surface area contributed by atoms with Crippen LogP contribution in [0.4, 0.5) is 0 Å². The summed E-state index contributed by atoms with van der Waals surface area (Å²) < 4.78 is 1.97. The van der Waals surface area contributed by atoms with E-state index in [-0.39, 0.29) is 0 Å². The van der Waals surface area contributed by atoms with Crippen LogP contribution < -0.4 is 0 Å². The largest absolute Gasteiger partial charge is 0.244 e. The maximum atomic E-state index is 5.91. The van der Waals surface area contributed by atoms with E-state index in [4.69, 9.17) is 23.2 Å². The van der Waals surface area contributed by atoms with Gasteiger partial charge in [-0.15, -0.1) is 16.7 Å². The van der Waals surface area contributed by atoms with E-state index in [1.165, 1.54) is 24.1 Å². The van der Waals surface area contributed by atoms with Crippen LogP contribution in [-0.2, 0) is 12.4 Å². The van der Waals surface area contributed by atoms with Gasteiger partial charge in [0.15, 0.2) is 0 Å². The average molecular weight is 282 g/mol. The molecule has 5 heteroatoms. The lowest BCUT2D eigenvalue weighted by molar-refractivity contribution is 0.619. The van der Waals surface area contributed by atoms with Crippen LogP contribution in [0.5, 0.6) is 0 Å². The highest BCUT2D eigenvalue weighted by Crippen LogP contribution is 2.41. The molecule has 1 aliphatic rings. The topological polar surface area (TPSA) is 30.7 Å². The van der Waals surface area contributed by atoms with Gasteiger partial charge in [0.2, 0.25) is 0 Å². The summed E-state index contributed by atoms with van der Waals surface area (Å²) >= 11 is 11.8. The first kappa shape index (κ1) is 12.0. The Morgan fingerprint density at radius 3 is 2.56 bits per heavy atom. The molecule has 3 nitrogen and oxygen atoms in total. The summed E-state index contributed by atoms with van der Waals surface area (Å²) in [5, 5.41) is 9.13. The molecule has 94 valence electrons. The van der Waals surface area contributed by atoms with Gasteiger partial charge in [0.05, 0.1) is 18.1 Å². The summed E-state index contributed by atoms with van der Waals surface area (Å²) in [4.78, 5) is 0. The fourth-order valence-corrected chi connectivity index (χ4v) is 2.45. The van der Waals surface area contributed by atoms with Crippen molar-refractivity contribution in [3.8, 4) is 0 Å². The quantitative estimate of drug-likeness (QED) is 0.802. The number of nitrogens with zero attached hydrogens (tertiary/aromatic N) is 3. The fraction of sp³-hybridized carbons (Fsp3) is 0.385. The molecule has 0 saturated heterocycles. The second-order valence-corrected chi connectivity index (χ2v) is 5.32. The van der Waals surface area contributed by atoms with Crippen molar-refractivity contribution in [3.63, 3.8) is 0 Å². The maximum absolute atomic E-state index is 5.91. The van der Waals surface area contributed by atoms with Gasteiger partial charge in [-0.3, -0.25) is 0 Å². The van der Waals surface area contributed by atoms with Gasteiger partial charge >= 0.3 is 0 Å². The molecule has 0 aliphatic heterocycles. The van der Waals surface area contributed by atoms with Crippen LogP contribution in [-0.4, -0.2) is 15.0 Å². The number of halogens is 2. The van der Waals surface area contributed by atoms with E-state index in [2.05, 4.69) is 10.3 Å². The molecule has 1 fully saturated rings. The Labute approximate surface area is 116 Å². The van der Waals surface area contributed by atoms with Crippen LogP contribution in [0.25, 0.3) is 0 Å². The Morgan fingerprint density at radius 2 is 1.94 bits per heavy atom. The molecule has 1 aromatic carbocycles. The molecule has 0 atom stereocenters. The highest BCUT2D eigenvalue weighted by molar-refractivity contribution is 6.30. The van der Waals surface area contributed by atoms with Gasteiger partial charge in [-0.25, -0.2) is 4.68 Å². The second-order valence-electron chi connectivity index (χ2n) is 4.61. The third-order valence-electron chi connectivity index (χ3n) is 3.18. The Hall–Kier alpha value is -1.06. The molecule has 0 bridgehead atoms. The van der Waals surface area contributed by atoms with E-state index in [0.717, 1.165) is 17.3 Å². The third kappa shape index (κ3) is 2.38.